The second kappa shape index (κ2) is 5.56. The van der Waals surface area contributed by atoms with Crippen molar-refractivity contribution < 1.29 is 36.0 Å². The second-order valence-corrected chi connectivity index (χ2v) is 3.69. The minimum atomic E-state index is -5.70. The highest BCUT2D eigenvalue weighted by molar-refractivity contribution is 5.79. The van der Waals surface area contributed by atoms with E-state index in [-0.39, 0.29) is 12.5 Å². The van der Waals surface area contributed by atoms with E-state index >= 15 is 0 Å². The summed E-state index contributed by atoms with van der Waals surface area (Å²) in [5.74, 6) is -6.50. The second-order valence-electron chi connectivity index (χ2n) is 3.69. The van der Waals surface area contributed by atoms with Gasteiger partial charge in [0, 0.05) is 0 Å². The van der Waals surface area contributed by atoms with E-state index in [2.05, 4.69) is 4.84 Å². The number of halogens is 6. The minimum absolute atomic E-state index is 0.148. The van der Waals surface area contributed by atoms with Crippen molar-refractivity contribution in [2.75, 3.05) is 6.61 Å². The van der Waals surface area contributed by atoms with Crippen LogP contribution in [0.15, 0.2) is 0 Å². The number of carbonyl (C=O) groups excluding carboxylic acids is 1. The van der Waals surface area contributed by atoms with E-state index in [1.54, 1.807) is 13.8 Å². The Hall–Kier alpha value is -0.990. The molecule has 0 radical (unpaired) electrons. The third-order valence-electron chi connectivity index (χ3n) is 1.51. The summed E-state index contributed by atoms with van der Waals surface area (Å²) >= 11 is 0. The fraction of sp³-hybridized carbons (Fsp3) is 0.875. The van der Waals surface area contributed by atoms with Crippen LogP contribution in [0, 0.1) is 11.8 Å². The highest BCUT2D eigenvalue weighted by Gasteiger charge is 2.61. The average molecular weight is 267 g/mol. The van der Waals surface area contributed by atoms with Crippen molar-refractivity contribution in [2.45, 2.75) is 26.2 Å². The van der Waals surface area contributed by atoms with Crippen LogP contribution in [0.5, 0.6) is 0 Å². The molecule has 0 rings (SSSR count). The topological polar surface area (TPSA) is 38.3 Å². The zero-order valence-corrected chi connectivity index (χ0v) is 8.95. The molecule has 0 saturated heterocycles. The van der Waals surface area contributed by atoms with Crippen molar-refractivity contribution in [2.24, 2.45) is 11.8 Å². The van der Waals surface area contributed by atoms with Crippen molar-refractivity contribution in [1.29, 1.82) is 0 Å². The molecule has 17 heavy (non-hydrogen) atoms. The fourth-order valence-corrected chi connectivity index (χ4v) is 0.821. The van der Waals surface area contributed by atoms with Gasteiger partial charge in [-0.05, 0) is 5.92 Å². The Morgan fingerprint density at radius 2 is 1.53 bits per heavy atom. The molecule has 102 valence electrons. The molecular formula is C8H11F6NO2. The monoisotopic (exact) mass is 267 g/mol. The molecule has 0 fully saturated rings. The van der Waals surface area contributed by atoms with Gasteiger partial charge in [-0.1, -0.05) is 13.8 Å². The first kappa shape index (κ1) is 16.0. The summed E-state index contributed by atoms with van der Waals surface area (Å²) in [6.45, 7) is 3.03. The summed E-state index contributed by atoms with van der Waals surface area (Å²) in [5.41, 5.74) is 1.15. The number of hydrogen-bond acceptors (Lipinski definition) is 2. The SMILES string of the molecule is CC(C)CONC(=O)C(C(F)(F)F)C(F)(F)F. The summed E-state index contributed by atoms with van der Waals surface area (Å²) in [7, 11) is 0. The fourth-order valence-electron chi connectivity index (χ4n) is 0.821. The lowest BCUT2D eigenvalue weighted by atomic mass is 10.1. The number of carbonyl (C=O) groups is 1. The summed E-state index contributed by atoms with van der Waals surface area (Å²) < 4.78 is 72.1. The number of hydrogen-bond donors (Lipinski definition) is 1. The standard InChI is InChI=1S/C8H11F6NO2/c1-4(2)3-17-15-6(16)5(7(9,10)11)8(12,13)14/h4-5H,3H2,1-2H3,(H,15,16). The molecule has 3 nitrogen and oxygen atoms in total. The van der Waals surface area contributed by atoms with Gasteiger partial charge < -0.3 is 0 Å². The van der Waals surface area contributed by atoms with Crippen LogP contribution in [0.4, 0.5) is 26.3 Å². The van der Waals surface area contributed by atoms with Crippen LogP contribution >= 0.6 is 0 Å². The molecule has 1 amide bonds. The maximum atomic E-state index is 12.0. The van der Waals surface area contributed by atoms with Gasteiger partial charge in [-0.15, -0.1) is 0 Å². The Morgan fingerprint density at radius 3 is 1.82 bits per heavy atom. The van der Waals surface area contributed by atoms with E-state index < -0.39 is 24.2 Å². The number of alkyl halides is 6. The van der Waals surface area contributed by atoms with Crippen LogP contribution in [0.1, 0.15) is 13.8 Å². The maximum absolute atomic E-state index is 12.0. The van der Waals surface area contributed by atoms with E-state index in [1.807, 2.05) is 0 Å². The normalized spacial score (nSPS) is 13.3. The van der Waals surface area contributed by atoms with Gasteiger partial charge in [-0.2, -0.15) is 26.3 Å². The van der Waals surface area contributed by atoms with Crippen LogP contribution in [-0.2, 0) is 9.63 Å². The molecule has 0 aliphatic carbocycles. The highest BCUT2D eigenvalue weighted by atomic mass is 19.4. The van der Waals surface area contributed by atoms with E-state index in [0.29, 0.717) is 0 Å². The van der Waals surface area contributed by atoms with Crippen LogP contribution in [-0.4, -0.2) is 24.9 Å². The Bertz CT molecular complexity index is 246. The van der Waals surface area contributed by atoms with Gasteiger partial charge in [0.05, 0.1) is 6.61 Å². The van der Waals surface area contributed by atoms with E-state index in [0.717, 1.165) is 5.48 Å². The Kier molecular flexibility index (Phi) is 5.24. The van der Waals surface area contributed by atoms with Gasteiger partial charge in [0.15, 0.2) is 0 Å². The first-order valence-corrected chi connectivity index (χ1v) is 4.51. The van der Waals surface area contributed by atoms with Crippen LogP contribution in [0.2, 0.25) is 0 Å². The third-order valence-corrected chi connectivity index (χ3v) is 1.51. The van der Waals surface area contributed by atoms with Crippen LogP contribution in [0.25, 0.3) is 0 Å². The first-order valence-electron chi connectivity index (χ1n) is 4.51. The minimum Gasteiger partial charge on any atom is -0.273 e. The molecule has 0 atom stereocenters. The molecule has 0 aliphatic heterocycles. The molecule has 1 N–H and O–H groups in total. The summed E-state index contributed by atoms with van der Waals surface area (Å²) in [6.07, 6.45) is -11.4. The van der Waals surface area contributed by atoms with E-state index in [4.69, 9.17) is 0 Å². The van der Waals surface area contributed by atoms with Gasteiger partial charge in [0.2, 0.25) is 5.92 Å². The first-order chi connectivity index (χ1) is 7.46. The Balaban J connectivity index is 4.58. The van der Waals surface area contributed by atoms with Crippen molar-refractivity contribution in [3.05, 3.63) is 0 Å². The van der Waals surface area contributed by atoms with E-state index in [1.165, 1.54) is 0 Å². The van der Waals surface area contributed by atoms with Crippen LogP contribution < -0.4 is 5.48 Å². The van der Waals surface area contributed by atoms with Crippen LogP contribution in [0.3, 0.4) is 0 Å². The highest BCUT2D eigenvalue weighted by Crippen LogP contribution is 2.39. The molecule has 0 aromatic rings. The summed E-state index contributed by atoms with van der Waals surface area (Å²) in [5, 5.41) is 0. The van der Waals surface area contributed by atoms with Gasteiger partial charge in [0.1, 0.15) is 0 Å². The van der Waals surface area contributed by atoms with Gasteiger partial charge >= 0.3 is 12.4 Å². The molecule has 0 aliphatic rings. The quantitative estimate of drug-likeness (QED) is 0.627. The van der Waals surface area contributed by atoms with Crippen molar-refractivity contribution in [3.63, 3.8) is 0 Å². The maximum Gasteiger partial charge on any atom is 0.409 e. The molecule has 9 heteroatoms. The number of rotatable bonds is 4. The molecule has 0 aromatic heterocycles. The lowest BCUT2D eigenvalue weighted by Gasteiger charge is -2.21. The van der Waals surface area contributed by atoms with Gasteiger partial charge in [-0.3, -0.25) is 9.63 Å². The Morgan fingerprint density at radius 1 is 1.12 bits per heavy atom. The molecule has 0 aromatic carbocycles. The van der Waals surface area contributed by atoms with Gasteiger partial charge in [0.25, 0.3) is 5.91 Å². The molecular weight excluding hydrogens is 256 g/mol. The zero-order chi connectivity index (χ0) is 13.9. The lowest BCUT2D eigenvalue weighted by Crippen LogP contribution is -2.48. The smallest absolute Gasteiger partial charge is 0.273 e. The summed E-state index contributed by atoms with van der Waals surface area (Å²) in [6, 6.07) is 0. The predicted molar refractivity (Wildman–Crippen MR) is 44.5 cm³/mol. The number of amides is 1. The predicted octanol–water partition coefficient (Wildman–Crippen LogP) is 2.43. The van der Waals surface area contributed by atoms with E-state index in [9.17, 15) is 31.1 Å². The number of hydroxylamine groups is 1. The molecule has 0 bridgehead atoms. The van der Waals surface area contributed by atoms with Crippen molar-refractivity contribution >= 4 is 5.91 Å². The third kappa shape index (κ3) is 5.76. The number of nitrogens with one attached hydrogen (secondary N) is 1. The Labute approximate surface area is 93.1 Å². The molecule has 0 saturated carbocycles. The largest absolute Gasteiger partial charge is 0.409 e. The van der Waals surface area contributed by atoms with Crippen molar-refractivity contribution in [1.82, 2.24) is 5.48 Å². The molecule has 0 heterocycles. The molecule has 0 unspecified atom stereocenters. The van der Waals surface area contributed by atoms with Gasteiger partial charge in [-0.25, -0.2) is 5.48 Å². The molecule has 0 spiro atoms. The zero-order valence-electron chi connectivity index (χ0n) is 8.95. The lowest BCUT2D eigenvalue weighted by molar-refractivity contribution is -0.277. The van der Waals surface area contributed by atoms with Crippen molar-refractivity contribution in [3.8, 4) is 0 Å². The summed E-state index contributed by atoms with van der Waals surface area (Å²) in [4.78, 5) is 15.0. The average Bonchev–Trinajstić information content (AvgIpc) is 1.96.